The quantitative estimate of drug-likeness (QED) is 0.443. The minimum Gasteiger partial charge on any atom is -0.497 e. The van der Waals surface area contributed by atoms with Gasteiger partial charge in [0.15, 0.2) is 0 Å². The predicted molar refractivity (Wildman–Crippen MR) is 109 cm³/mol. The van der Waals surface area contributed by atoms with Crippen molar-refractivity contribution < 1.29 is 21.9 Å². The lowest BCUT2D eigenvalue weighted by Gasteiger charge is -2.37. The lowest BCUT2D eigenvalue weighted by Crippen LogP contribution is -2.46. The molecule has 1 aromatic heterocycles. The monoisotopic (exact) mass is 485 g/mol. The Labute approximate surface area is 173 Å². The molecule has 0 aliphatic carbocycles. The number of alkyl halides is 2. The molecule has 1 aliphatic rings. The third kappa shape index (κ3) is 2.67. The Morgan fingerprint density at radius 3 is 2.39 bits per heavy atom. The first-order chi connectivity index (χ1) is 13.2. The van der Waals surface area contributed by atoms with Crippen LogP contribution in [0.15, 0.2) is 57.2 Å². The number of anilines is 1. The lowest BCUT2D eigenvalue weighted by atomic mass is 9.98. The van der Waals surface area contributed by atoms with E-state index in [4.69, 9.17) is 4.74 Å². The number of fused-ring (bicyclic) bond motifs is 3. The minimum absolute atomic E-state index is 0.00334. The molecule has 0 radical (unpaired) electrons. The minimum atomic E-state index is -4.55. The molecular weight excluding hydrogens is 472 g/mol. The molecule has 2 aromatic carbocycles. The summed E-state index contributed by atoms with van der Waals surface area (Å²) in [6.07, 6.45) is 0. The summed E-state index contributed by atoms with van der Waals surface area (Å²) in [4.78, 5) is 0.253. The van der Waals surface area contributed by atoms with E-state index >= 15 is 8.78 Å². The van der Waals surface area contributed by atoms with E-state index in [0.717, 1.165) is 0 Å². The summed E-state index contributed by atoms with van der Waals surface area (Å²) in [5.74, 6) is 0.435. The van der Waals surface area contributed by atoms with Crippen molar-refractivity contribution in [1.29, 1.82) is 0 Å². The molecular formula is C19H14BrF2NO3S2. The van der Waals surface area contributed by atoms with Crippen LogP contribution in [0.5, 0.6) is 5.75 Å². The number of rotatable bonds is 3. The molecule has 0 fully saturated rings. The van der Waals surface area contributed by atoms with Crippen molar-refractivity contribution in [2.75, 3.05) is 11.4 Å². The van der Waals surface area contributed by atoms with Crippen LogP contribution in [-0.4, -0.2) is 15.5 Å². The number of sulfonamides is 1. The average Bonchev–Trinajstić information content (AvgIpc) is 2.96. The smallest absolute Gasteiger partial charge is 0.366 e. The van der Waals surface area contributed by atoms with Crippen molar-refractivity contribution in [1.82, 2.24) is 0 Å². The summed E-state index contributed by atoms with van der Waals surface area (Å²) in [5.41, 5.74) is 0.443. The molecule has 4 nitrogen and oxygen atoms in total. The van der Waals surface area contributed by atoms with Gasteiger partial charge in [0.25, 0.3) is 10.0 Å². The molecule has 146 valence electrons. The van der Waals surface area contributed by atoms with Crippen LogP contribution in [0.4, 0.5) is 14.5 Å². The van der Waals surface area contributed by atoms with Crippen LogP contribution in [0.1, 0.15) is 11.1 Å². The number of thiophene rings is 1. The molecule has 0 unspecified atom stereocenters. The highest BCUT2D eigenvalue weighted by molar-refractivity contribution is 9.11. The second-order valence-electron chi connectivity index (χ2n) is 6.21. The van der Waals surface area contributed by atoms with E-state index in [9.17, 15) is 8.42 Å². The van der Waals surface area contributed by atoms with Gasteiger partial charge in [-0.1, -0.05) is 24.3 Å². The molecule has 0 spiro atoms. The molecule has 9 heteroatoms. The summed E-state index contributed by atoms with van der Waals surface area (Å²) >= 11 is 4.61. The first-order valence-electron chi connectivity index (χ1n) is 8.15. The van der Waals surface area contributed by atoms with Gasteiger partial charge in [0.1, 0.15) is 5.75 Å². The zero-order valence-corrected chi connectivity index (χ0v) is 18.0. The van der Waals surface area contributed by atoms with Crippen LogP contribution in [0.2, 0.25) is 0 Å². The molecule has 0 saturated carbocycles. The second kappa shape index (κ2) is 6.53. The first kappa shape index (κ1) is 19.4. The van der Waals surface area contributed by atoms with E-state index in [1.54, 1.807) is 19.1 Å². The Hall–Kier alpha value is -1.97. The third-order valence-electron chi connectivity index (χ3n) is 4.61. The molecule has 2 heterocycles. The number of halogens is 3. The highest BCUT2D eigenvalue weighted by atomic mass is 79.9. The number of ether oxygens (including phenoxy) is 1. The highest BCUT2D eigenvalue weighted by Crippen LogP contribution is 2.57. The van der Waals surface area contributed by atoms with E-state index in [1.807, 2.05) is 0 Å². The van der Waals surface area contributed by atoms with E-state index in [2.05, 4.69) is 15.9 Å². The topological polar surface area (TPSA) is 46.6 Å². The molecule has 28 heavy (non-hydrogen) atoms. The fraction of sp³-hybridized carbons (Fsp3) is 0.158. The van der Waals surface area contributed by atoms with E-state index in [1.165, 1.54) is 54.8 Å². The van der Waals surface area contributed by atoms with Crippen molar-refractivity contribution in [2.45, 2.75) is 17.9 Å². The second-order valence-corrected chi connectivity index (χ2v) is 10.3. The molecule has 0 atom stereocenters. The normalized spacial score (nSPS) is 15.1. The van der Waals surface area contributed by atoms with Gasteiger partial charge in [0.2, 0.25) is 0 Å². The molecule has 1 aliphatic heterocycles. The maximum absolute atomic E-state index is 15.6. The summed E-state index contributed by atoms with van der Waals surface area (Å²) in [5, 5.41) is 0. The van der Waals surface area contributed by atoms with E-state index in [-0.39, 0.29) is 20.5 Å². The van der Waals surface area contributed by atoms with Crippen molar-refractivity contribution in [3.05, 3.63) is 63.4 Å². The Bertz CT molecular complexity index is 1170. The van der Waals surface area contributed by atoms with Gasteiger partial charge in [0.05, 0.1) is 31.9 Å². The van der Waals surface area contributed by atoms with Gasteiger partial charge < -0.3 is 4.74 Å². The number of hydrogen-bond acceptors (Lipinski definition) is 4. The largest absolute Gasteiger partial charge is 0.497 e. The molecule has 4 rings (SSSR count). The highest BCUT2D eigenvalue weighted by Gasteiger charge is 2.53. The predicted octanol–water partition coefficient (Wildman–Crippen LogP) is 5.75. The fourth-order valence-corrected chi connectivity index (χ4v) is 6.57. The van der Waals surface area contributed by atoms with Gasteiger partial charge in [-0.3, -0.25) is 0 Å². The summed E-state index contributed by atoms with van der Waals surface area (Å²) in [6, 6.07) is 7.64. The van der Waals surface area contributed by atoms with Gasteiger partial charge in [-0.25, -0.2) is 8.42 Å². The maximum atomic E-state index is 15.6. The number of nitrogens with zero attached hydrogens (tertiary/aromatic N) is 1. The Balaban J connectivity index is 2.01. The first-order valence-corrected chi connectivity index (χ1v) is 11.2. The summed E-state index contributed by atoms with van der Waals surface area (Å²) in [7, 11) is -3.10. The molecule has 0 bridgehead atoms. The van der Waals surface area contributed by atoms with Crippen molar-refractivity contribution in [2.24, 2.45) is 0 Å². The average molecular weight is 486 g/mol. The summed E-state index contributed by atoms with van der Waals surface area (Å²) in [6.45, 7) is 1.62. The maximum Gasteiger partial charge on any atom is 0.366 e. The molecule has 0 N–H and O–H groups in total. The van der Waals surface area contributed by atoms with Gasteiger partial charge >= 0.3 is 6.05 Å². The van der Waals surface area contributed by atoms with E-state index in [0.29, 0.717) is 25.5 Å². The number of benzene rings is 2. The van der Waals surface area contributed by atoms with Crippen LogP contribution < -0.4 is 9.04 Å². The van der Waals surface area contributed by atoms with Crippen LogP contribution >= 0.6 is 27.3 Å². The van der Waals surface area contributed by atoms with Crippen LogP contribution in [0.25, 0.3) is 10.4 Å². The van der Waals surface area contributed by atoms with E-state index < -0.39 is 16.1 Å². The van der Waals surface area contributed by atoms with Gasteiger partial charge in [0, 0.05) is 5.56 Å². The van der Waals surface area contributed by atoms with Crippen LogP contribution in [0.3, 0.4) is 0 Å². The molecule has 0 saturated heterocycles. The SMILES string of the molecule is COc1ccc(S(=O)(=O)N2c3c(sc(Br)c3C)-c3ccccc3C2(F)F)cc1. The van der Waals surface area contributed by atoms with Crippen LogP contribution in [0, 0.1) is 6.92 Å². The zero-order valence-electron chi connectivity index (χ0n) is 14.7. The van der Waals surface area contributed by atoms with Crippen molar-refractivity contribution >= 4 is 43.0 Å². The Morgan fingerprint density at radius 1 is 1.11 bits per heavy atom. The zero-order chi connectivity index (χ0) is 20.3. The van der Waals surface area contributed by atoms with Crippen molar-refractivity contribution in [3.63, 3.8) is 0 Å². The Morgan fingerprint density at radius 2 is 1.75 bits per heavy atom. The number of methoxy groups -OCH3 is 1. The third-order valence-corrected chi connectivity index (χ3v) is 8.55. The van der Waals surface area contributed by atoms with Crippen LogP contribution in [-0.2, 0) is 16.1 Å². The lowest BCUT2D eigenvalue weighted by molar-refractivity contribution is 0.00897. The van der Waals surface area contributed by atoms with Gasteiger partial charge in [-0.05, 0) is 52.7 Å². The van der Waals surface area contributed by atoms with Crippen molar-refractivity contribution in [3.8, 4) is 16.2 Å². The van der Waals surface area contributed by atoms with Gasteiger partial charge in [-0.2, -0.15) is 13.1 Å². The molecule has 3 aromatic rings. The standard InChI is InChI=1S/C19H14BrF2NO3S2/c1-11-16-17(27-18(11)20)14-5-3-4-6-15(14)19(21,22)23(16)28(24,25)13-9-7-12(26-2)8-10-13/h3-10H,1-2H3. The number of hydrogen-bond donors (Lipinski definition) is 0. The van der Waals surface area contributed by atoms with Gasteiger partial charge in [-0.15, -0.1) is 11.3 Å². The Kier molecular flexibility index (Phi) is 4.52. The fourth-order valence-electron chi connectivity index (χ4n) is 3.22. The summed E-state index contributed by atoms with van der Waals surface area (Å²) < 4.78 is 63.7. The molecule has 0 amide bonds.